The molecule has 2 aromatic rings. The molecule has 30 heavy (non-hydrogen) atoms. The van der Waals surface area contributed by atoms with E-state index in [1.807, 2.05) is 5.51 Å². The molecule has 3 fully saturated rings. The molecule has 160 valence electrons. The summed E-state index contributed by atoms with van der Waals surface area (Å²) in [7, 11) is 0. The second-order valence-corrected chi connectivity index (χ2v) is 9.91. The molecular weight excluding hydrogens is 404 g/mol. The summed E-state index contributed by atoms with van der Waals surface area (Å²) < 4.78 is 27.2. The van der Waals surface area contributed by atoms with Crippen molar-refractivity contribution in [2.45, 2.75) is 64.1 Å². The van der Waals surface area contributed by atoms with Crippen molar-refractivity contribution in [1.82, 2.24) is 14.8 Å². The molecule has 1 spiro atoms. The molecule has 5 rings (SSSR count). The van der Waals surface area contributed by atoms with Crippen molar-refractivity contribution in [2.24, 2.45) is 5.41 Å². The lowest BCUT2D eigenvalue weighted by atomic mass is 9.67. The van der Waals surface area contributed by atoms with E-state index in [2.05, 4.69) is 21.7 Å². The fourth-order valence-corrected chi connectivity index (χ4v) is 6.77. The quantitative estimate of drug-likeness (QED) is 0.650. The molecule has 1 unspecified atom stereocenters. The fourth-order valence-electron chi connectivity index (χ4n) is 5.76. The normalized spacial score (nSPS) is 24.6. The lowest BCUT2D eigenvalue weighted by molar-refractivity contribution is -0.180. The monoisotopic (exact) mass is 431 g/mol. The first-order valence-electron chi connectivity index (χ1n) is 10.9. The van der Waals surface area contributed by atoms with E-state index < -0.39 is 11.6 Å². The number of rotatable bonds is 4. The Hall–Kier alpha value is -1.86. The lowest BCUT2D eigenvalue weighted by Crippen LogP contribution is -2.66. The SMILES string of the molecule is Cc1ncsc1C1N(C2CCN(Cc3ccc(F)cc3F)CC2)C(=O)C12CCCC2. The number of β-lactam (4-membered cyclic amide) rings is 1. The number of piperidine rings is 1. The molecule has 2 aliphatic heterocycles. The molecule has 4 nitrogen and oxygen atoms in total. The van der Waals surface area contributed by atoms with E-state index in [9.17, 15) is 13.6 Å². The number of benzene rings is 1. The Morgan fingerprint density at radius 1 is 1.20 bits per heavy atom. The third-order valence-corrected chi connectivity index (χ3v) is 8.33. The van der Waals surface area contributed by atoms with Gasteiger partial charge in [0, 0.05) is 37.3 Å². The molecule has 2 saturated heterocycles. The van der Waals surface area contributed by atoms with Gasteiger partial charge in [0.15, 0.2) is 0 Å². The molecule has 1 atom stereocenters. The van der Waals surface area contributed by atoms with Gasteiger partial charge in [-0.05, 0) is 38.7 Å². The zero-order chi connectivity index (χ0) is 20.9. The summed E-state index contributed by atoms with van der Waals surface area (Å²) in [5.74, 6) is -0.698. The Morgan fingerprint density at radius 2 is 1.93 bits per heavy atom. The second kappa shape index (κ2) is 7.68. The van der Waals surface area contributed by atoms with E-state index in [0.717, 1.165) is 63.4 Å². The van der Waals surface area contributed by atoms with Crippen LogP contribution >= 0.6 is 11.3 Å². The van der Waals surface area contributed by atoms with Gasteiger partial charge >= 0.3 is 0 Å². The highest BCUT2D eigenvalue weighted by atomic mass is 32.1. The van der Waals surface area contributed by atoms with Crippen LogP contribution in [0.25, 0.3) is 0 Å². The van der Waals surface area contributed by atoms with Gasteiger partial charge in [-0.3, -0.25) is 9.69 Å². The topological polar surface area (TPSA) is 36.4 Å². The van der Waals surface area contributed by atoms with E-state index in [1.54, 1.807) is 11.3 Å². The summed E-state index contributed by atoms with van der Waals surface area (Å²) in [6, 6.07) is 4.19. The molecule has 1 aromatic carbocycles. The zero-order valence-corrected chi connectivity index (χ0v) is 18.1. The largest absolute Gasteiger partial charge is 0.330 e. The van der Waals surface area contributed by atoms with Gasteiger partial charge in [0.25, 0.3) is 0 Å². The minimum absolute atomic E-state index is 0.172. The number of aromatic nitrogens is 1. The zero-order valence-electron chi connectivity index (χ0n) is 17.2. The van der Waals surface area contributed by atoms with Crippen LogP contribution in [-0.2, 0) is 11.3 Å². The maximum atomic E-state index is 14.0. The minimum Gasteiger partial charge on any atom is -0.330 e. The van der Waals surface area contributed by atoms with Gasteiger partial charge in [-0.25, -0.2) is 13.8 Å². The van der Waals surface area contributed by atoms with Crippen molar-refractivity contribution in [2.75, 3.05) is 13.1 Å². The van der Waals surface area contributed by atoms with Crippen LogP contribution in [0.4, 0.5) is 8.78 Å². The fraction of sp³-hybridized carbons (Fsp3) is 0.565. The maximum absolute atomic E-state index is 14.0. The van der Waals surface area contributed by atoms with Crippen LogP contribution in [0.15, 0.2) is 23.7 Å². The van der Waals surface area contributed by atoms with Crippen LogP contribution in [0.1, 0.15) is 60.7 Å². The van der Waals surface area contributed by atoms with Gasteiger partial charge in [0.05, 0.1) is 27.5 Å². The maximum Gasteiger partial charge on any atom is 0.232 e. The summed E-state index contributed by atoms with van der Waals surface area (Å²) in [6.45, 7) is 4.16. The lowest BCUT2D eigenvalue weighted by Gasteiger charge is -2.58. The van der Waals surface area contributed by atoms with Crippen LogP contribution in [0.5, 0.6) is 0 Å². The molecule has 0 N–H and O–H groups in total. The summed E-state index contributed by atoms with van der Waals surface area (Å²) in [5, 5.41) is 0. The Bertz CT molecular complexity index is 948. The number of nitrogens with zero attached hydrogens (tertiary/aromatic N) is 3. The predicted octanol–water partition coefficient (Wildman–Crippen LogP) is 4.84. The number of amides is 1. The van der Waals surface area contributed by atoms with Gasteiger partial charge in [-0.15, -0.1) is 11.3 Å². The molecule has 3 aliphatic rings. The van der Waals surface area contributed by atoms with Crippen molar-refractivity contribution in [3.63, 3.8) is 0 Å². The van der Waals surface area contributed by atoms with E-state index in [4.69, 9.17) is 0 Å². The molecule has 0 bridgehead atoms. The highest BCUT2D eigenvalue weighted by Crippen LogP contribution is 2.61. The van der Waals surface area contributed by atoms with Gasteiger partial charge in [0.1, 0.15) is 11.6 Å². The predicted molar refractivity (Wildman–Crippen MR) is 112 cm³/mol. The first-order valence-corrected chi connectivity index (χ1v) is 11.8. The number of carbonyl (C=O) groups is 1. The number of halogens is 2. The Balaban J connectivity index is 1.29. The molecule has 1 amide bonds. The number of carbonyl (C=O) groups excluding carboxylic acids is 1. The molecule has 1 aromatic heterocycles. The standard InChI is InChI=1S/C23H27F2N3OS/c1-15-20(30-14-26-15)21-23(8-2-3-9-23)22(29)28(21)18-6-10-27(11-7-18)13-16-4-5-17(24)12-19(16)25/h4-5,12,14,18,21H,2-3,6-11,13H2,1H3. The minimum atomic E-state index is -0.545. The number of hydrogen-bond donors (Lipinski definition) is 0. The Labute approximate surface area is 179 Å². The average molecular weight is 432 g/mol. The summed E-state index contributed by atoms with van der Waals surface area (Å²) in [4.78, 5) is 23.4. The van der Waals surface area contributed by atoms with E-state index in [0.29, 0.717) is 18.0 Å². The molecular formula is C23H27F2N3OS. The van der Waals surface area contributed by atoms with E-state index in [1.165, 1.54) is 17.0 Å². The van der Waals surface area contributed by atoms with Crippen LogP contribution in [0.3, 0.4) is 0 Å². The van der Waals surface area contributed by atoms with Crippen molar-refractivity contribution in [3.05, 3.63) is 51.5 Å². The highest BCUT2D eigenvalue weighted by molar-refractivity contribution is 7.09. The van der Waals surface area contributed by atoms with Gasteiger partial charge < -0.3 is 4.90 Å². The van der Waals surface area contributed by atoms with Crippen LogP contribution in [0.2, 0.25) is 0 Å². The van der Waals surface area contributed by atoms with Crippen molar-refractivity contribution < 1.29 is 13.6 Å². The number of hydrogen-bond acceptors (Lipinski definition) is 4. The Morgan fingerprint density at radius 3 is 2.57 bits per heavy atom. The van der Waals surface area contributed by atoms with E-state index in [-0.39, 0.29) is 17.5 Å². The van der Waals surface area contributed by atoms with Gasteiger partial charge in [0.2, 0.25) is 5.91 Å². The molecule has 0 radical (unpaired) electrons. The second-order valence-electron chi connectivity index (χ2n) is 9.02. The summed E-state index contributed by atoms with van der Waals surface area (Å²) in [5.41, 5.74) is 3.27. The average Bonchev–Trinajstić information content (AvgIpc) is 3.39. The van der Waals surface area contributed by atoms with Crippen molar-refractivity contribution >= 4 is 17.2 Å². The van der Waals surface area contributed by atoms with Crippen LogP contribution in [0, 0.1) is 24.0 Å². The summed E-state index contributed by atoms with van der Waals surface area (Å²) >= 11 is 1.68. The number of aryl methyl sites for hydroxylation is 1. The number of likely N-dealkylation sites (tertiary alicyclic amines) is 2. The molecule has 3 heterocycles. The first-order chi connectivity index (χ1) is 14.5. The number of thiazole rings is 1. The Kier molecular flexibility index (Phi) is 5.14. The van der Waals surface area contributed by atoms with Gasteiger partial charge in [-0.2, -0.15) is 0 Å². The van der Waals surface area contributed by atoms with E-state index >= 15 is 0 Å². The van der Waals surface area contributed by atoms with Crippen LogP contribution < -0.4 is 0 Å². The third-order valence-electron chi connectivity index (χ3n) is 7.35. The summed E-state index contributed by atoms with van der Waals surface area (Å²) in [6.07, 6.45) is 6.03. The smallest absolute Gasteiger partial charge is 0.232 e. The third kappa shape index (κ3) is 3.17. The molecule has 1 saturated carbocycles. The van der Waals surface area contributed by atoms with Crippen molar-refractivity contribution in [1.29, 1.82) is 0 Å². The first kappa shape index (κ1) is 20.1. The highest BCUT2D eigenvalue weighted by Gasteiger charge is 2.63. The molecule has 7 heteroatoms. The van der Waals surface area contributed by atoms with Crippen LogP contribution in [-0.4, -0.2) is 39.8 Å². The molecule has 1 aliphatic carbocycles. The van der Waals surface area contributed by atoms with Gasteiger partial charge in [-0.1, -0.05) is 18.9 Å². The van der Waals surface area contributed by atoms with Crippen molar-refractivity contribution in [3.8, 4) is 0 Å².